The molecule has 0 saturated carbocycles. The Hall–Kier alpha value is -3.07. The monoisotopic (exact) mass is 487 g/mol. The molecule has 0 aliphatic carbocycles. The lowest BCUT2D eigenvalue weighted by atomic mass is 10.1. The fourth-order valence-corrected chi connectivity index (χ4v) is 5.30. The van der Waals surface area contributed by atoms with Crippen LogP contribution in [0.5, 0.6) is 5.75 Å². The quantitative estimate of drug-likeness (QED) is 0.609. The molecule has 1 heterocycles. The van der Waals surface area contributed by atoms with E-state index >= 15 is 0 Å². The molecule has 9 heteroatoms. The lowest BCUT2D eigenvalue weighted by Crippen LogP contribution is -2.45. The molecule has 1 atom stereocenters. The van der Waals surface area contributed by atoms with Crippen molar-refractivity contribution in [2.75, 3.05) is 35.6 Å². The summed E-state index contributed by atoms with van der Waals surface area (Å²) in [5.74, 6) is -0.0508. The second kappa shape index (κ2) is 11.4. The van der Waals surface area contributed by atoms with E-state index in [0.29, 0.717) is 42.4 Å². The number of rotatable bonds is 8. The zero-order chi connectivity index (χ0) is 24.7. The maximum atomic E-state index is 13.2. The van der Waals surface area contributed by atoms with Gasteiger partial charge in [-0.15, -0.1) is 0 Å². The Morgan fingerprint density at radius 2 is 1.65 bits per heavy atom. The largest absolute Gasteiger partial charge is 0.494 e. The van der Waals surface area contributed by atoms with Crippen LogP contribution in [0.3, 0.4) is 0 Å². The molecule has 1 aliphatic heterocycles. The van der Waals surface area contributed by atoms with Crippen molar-refractivity contribution in [3.8, 4) is 5.75 Å². The summed E-state index contributed by atoms with van der Waals surface area (Å²) in [7, 11) is -3.77. The molecule has 34 heavy (non-hydrogen) atoms. The number of hydrogen-bond acceptors (Lipinski definition) is 5. The van der Waals surface area contributed by atoms with Crippen molar-refractivity contribution >= 4 is 33.2 Å². The van der Waals surface area contributed by atoms with Gasteiger partial charge in [-0.1, -0.05) is 25.0 Å². The smallest absolute Gasteiger partial charge is 0.255 e. The van der Waals surface area contributed by atoms with Crippen LogP contribution in [-0.4, -0.2) is 57.1 Å². The molecular formula is C25H33N3O5S. The van der Waals surface area contributed by atoms with Crippen molar-refractivity contribution in [3.63, 3.8) is 0 Å². The van der Waals surface area contributed by atoms with Crippen LogP contribution in [0.1, 0.15) is 49.9 Å². The van der Waals surface area contributed by atoms with E-state index in [4.69, 9.17) is 4.74 Å². The van der Waals surface area contributed by atoms with Gasteiger partial charge in [-0.3, -0.25) is 13.9 Å². The summed E-state index contributed by atoms with van der Waals surface area (Å²) in [5.41, 5.74) is 1.12. The Bertz CT molecular complexity index is 1090. The van der Waals surface area contributed by atoms with Gasteiger partial charge in [0.1, 0.15) is 11.8 Å². The van der Waals surface area contributed by atoms with Crippen LogP contribution in [0.2, 0.25) is 0 Å². The first kappa shape index (κ1) is 25.6. The molecule has 0 radical (unpaired) electrons. The summed E-state index contributed by atoms with van der Waals surface area (Å²) in [4.78, 5) is 28.2. The van der Waals surface area contributed by atoms with Gasteiger partial charge in [0, 0.05) is 13.1 Å². The molecule has 184 valence electrons. The summed E-state index contributed by atoms with van der Waals surface area (Å²) >= 11 is 0. The van der Waals surface area contributed by atoms with Crippen molar-refractivity contribution in [3.05, 3.63) is 54.1 Å². The van der Waals surface area contributed by atoms with E-state index in [1.807, 2.05) is 11.8 Å². The molecule has 2 aromatic carbocycles. The van der Waals surface area contributed by atoms with E-state index in [9.17, 15) is 18.0 Å². The first-order valence-corrected chi connectivity index (χ1v) is 13.5. The highest BCUT2D eigenvalue weighted by molar-refractivity contribution is 7.92. The molecule has 1 N–H and O–H groups in total. The predicted octanol–water partition coefficient (Wildman–Crippen LogP) is 3.89. The summed E-state index contributed by atoms with van der Waals surface area (Å²) in [6.07, 6.45) is 5.19. The normalized spacial score (nSPS) is 15.2. The number of ether oxygens (including phenoxy) is 1. The fourth-order valence-electron chi connectivity index (χ4n) is 4.12. The van der Waals surface area contributed by atoms with E-state index < -0.39 is 22.0 Å². The predicted molar refractivity (Wildman–Crippen MR) is 134 cm³/mol. The van der Waals surface area contributed by atoms with Crippen LogP contribution in [0.15, 0.2) is 48.5 Å². The Kier molecular flexibility index (Phi) is 8.55. The van der Waals surface area contributed by atoms with Crippen molar-refractivity contribution in [1.29, 1.82) is 0 Å². The second-order valence-electron chi connectivity index (χ2n) is 8.40. The maximum Gasteiger partial charge on any atom is 0.255 e. The maximum absolute atomic E-state index is 13.2. The number of amides is 2. The zero-order valence-electron chi connectivity index (χ0n) is 20.0. The van der Waals surface area contributed by atoms with Gasteiger partial charge in [0.05, 0.1) is 29.8 Å². The fraction of sp³-hybridized carbons (Fsp3) is 0.440. The summed E-state index contributed by atoms with van der Waals surface area (Å²) in [6.45, 7) is 5.25. The lowest BCUT2D eigenvalue weighted by Gasteiger charge is -2.29. The number of para-hydroxylation sites is 1. The van der Waals surface area contributed by atoms with Crippen LogP contribution in [-0.2, 0) is 14.8 Å². The van der Waals surface area contributed by atoms with E-state index in [1.54, 1.807) is 48.5 Å². The SMILES string of the molecule is CCOc1ccc(N(C(C)C(=O)Nc2ccccc2C(=O)N2CCCCCC2)S(C)(=O)=O)cc1. The second-order valence-corrected chi connectivity index (χ2v) is 10.3. The van der Waals surface area contributed by atoms with Crippen LogP contribution >= 0.6 is 0 Å². The van der Waals surface area contributed by atoms with Gasteiger partial charge in [-0.05, 0) is 63.1 Å². The van der Waals surface area contributed by atoms with Crippen LogP contribution in [0.25, 0.3) is 0 Å². The topological polar surface area (TPSA) is 96.0 Å². The molecule has 8 nitrogen and oxygen atoms in total. The number of nitrogens with one attached hydrogen (secondary N) is 1. The van der Waals surface area contributed by atoms with Crippen molar-refractivity contribution in [1.82, 2.24) is 4.90 Å². The molecular weight excluding hydrogens is 454 g/mol. The molecule has 0 spiro atoms. The summed E-state index contributed by atoms with van der Waals surface area (Å²) in [5, 5.41) is 2.78. The molecule has 3 rings (SSSR count). The van der Waals surface area contributed by atoms with E-state index in [2.05, 4.69) is 5.32 Å². The first-order chi connectivity index (χ1) is 16.2. The molecule has 1 unspecified atom stereocenters. The standard InChI is InChI=1S/C25H33N3O5S/c1-4-33-21-15-13-20(14-16-21)28(34(3,31)32)19(2)24(29)26-23-12-8-7-11-22(23)25(30)27-17-9-5-6-10-18-27/h7-8,11-16,19H,4-6,9-10,17-18H2,1-3H3,(H,26,29). The summed E-state index contributed by atoms with van der Waals surface area (Å²) in [6, 6.07) is 12.3. The van der Waals surface area contributed by atoms with Gasteiger partial charge < -0.3 is 15.0 Å². The average Bonchev–Trinajstić information content (AvgIpc) is 3.09. The summed E-state index contributed by atoms with van der Waals surface area (Å²) < 4.78 is 31.7. The Labute approximate surface area is 201 Å². The van der Waals surface area contributed by atoms with E-state index in [1.165, 1.54) is 6.92 Å². The Morgan fingerprint density at radius 3 is 2.24 bits per heavy atom. The Balaban J connectivity index is 1.83. The van der Waals surface area contributed by atoms with E-state index in [-0.39, 0.29) is 5.91 Å². The van der Waals surface area contributed by atoms with Crippen molar-refractivity contribution < 1.29 is 22.7 Å². The number of benzene rings is 2. The highest BCUT2D eigenvalue weighted by Gasteiger charge is 2.30. The van der Waals surface area contributed by atoms with Crippen LogP contribution < -0.4 is 14.4 Å². The van der Waals surface area contributed by atoms with Gasteiger partial charge in [-0.25, -0.2) is 8.42 Å². The lowest BCUT2D eigenvalue weighted by molar-refractivity contribution is -0.116. The third kappa shape index (κ3) is 6.28. The molecule has 1 aliphatic rings. The molecule has 2 amide bonds. The number of hydrogen-bond donors (Lipinski definition) is 1. The van der Waals surface area contributed by atoms with Gasteiger partial charge in [-0.2, -0.15) is 0 Å². The first-order valence-electron chi connectivity index (χ1n) is 11.6. The highest BCUT2D eigenvalue weighted by Crippen LogP contribution is 2.26. The van der Waals surface area contributed by atoms with Crippen LogP contribution in [0, 0.1) is 0 Å². The molecule has 0 bridgehead atoms. The molecule has 2 aromatic rings. The highest BCUT2D eigenvalue weighted by atomic mass is 32.2. The molecule has 1 fully saturated rings. The van der Waals surface area contributed by atoms with Gasteiger partial charge in [0.2, 0.25) is 15.9 Å². The molecule has 0 aromatic heterocycles. The number of carbonyl (C=O) groups excluding carboxylic acids is 2. The number of likely N-dealkylation sites (tertiary alicyclic amines) is 1. The third-order valence-electron chi connectivity index (χ3n) is 5.80. The Morgan fingerprint density at radius 1 is 1.03 bits per heavy atom. The minimum Gasteiger partial charge on any atom is -0.494 e. The van der Waals surface area contributed by atoms with Gasteiger partial charge in [0.25, 0.3) is 5.91 Å². The minimum atomic E-state index is -3.77. The average molecular weight is 488 g/mol. The molecule has 1 saturated heterocycles. The van der Waals surface area contributed by atoms with Crippen LogP contribution in [0.4, 0.5) is 11.4 Å². The number of nitrogens with zero attached hydrogens (tertiary/aromatic N) is 2. The minimum absolute atomic E-state index is 0.128. The third-order valence-corrected chi connectivity index (χ3v) is 7.04. The van der Waals surface area contributed by atoms with Gasteiger partial charge in [0.15, 0.2) is 0 Å². The van der Waals surface area contributed by atoms with Crippen molar-refractivity contribution in [2.24, 2.45) is 0 Å². The van der Waals surface area contributed by atoms with Gasteiger partial charge >= 0.3 is 0 Å². The number of anilines is 2. The zero-order valence-corrected chi connectivity index (χ0v) is 20.8. The number of carbonyl (C=O) groups is 2. The van der Waals surface area contributed by atoms with E-state index in [0.717, 1.165) is 36.2 Å². The number of sulfonamides is 1. The van der Waals surface area contributed by atoms with Crippen molar-refractivity contribution in [2.45, 2.75) is 45.6 Å².